The van der Waals surface area contributed by atoms with Crippen molar-refractivity contribution in [2.45, 2.75) is 6.92 Å². The van der Waals surface area contributed by atoms with Crippen LogP contribution in [0.2, 0.25) is 0 Å². The summed E-state index contributed by atoms with van der Waals surface area (Å²) in [5, 5.41) is 13.3. The third-order valence-electron chi connectivity index (χ3n) is 5.75. The van der Waals surface area contributed by atoms with Crippen molar-refractivity contribution in [3.05, 3.63) is 112 Å². The molecule has 0 radical (unpaired) electrons. The Bertz CT molecular complexity index is 1640. The molecule has 2 heterocycles. The lowest BCUT2D eigenvalue weighted by molar-refractivity contribution is -0.384. The van der Waals surface area contributed by atoms with Crippen LogP contribution in [0.3, 0.4) is 0 Å². The summed E-state index contributed by atoms with van der Waals surface area (Å²) in [4.78, 5) is 41.2. The molecule has 35 heavy (non-hydrogen) atoms. The number of benzene rings is 3. The van der Waals surface area contributed by atoms with Crippen molar-refractivity contribution in [2.24, 2.45) is 0 Å². The highest BCUT2D eigenvalue weighted by atomic mass is 16.6. The summed E-state index contributed by atoms with van der Waals surface area (Å²) in [7, 11) is 0. The van der Waals surface area contributed by atoms with Crippen LogP contribution in [0.4, 0.5) is 5.69 Å². The standard InChI is InChI=1S/C27H19N3O5/c1-2-35-27(32)22-14-25(26(31)20-8-5-9-21(13-20)30(33)34)29-16-28-23(15-24(22)29)19-11-10-17-6-3-4-7-18(17)12-19/h3-16H,2H2,1H3. The van der Waals surface area contributed by atoms with Gasteiger partial charge in [0.05, 0.1) is 34.0 Å². The molecule has 0 N–H and O–H groups in total. The lowest BCUT2D eigenvalue weighted by Crippen LogP contribution is -2.06. The number of non-ortho nitro benzene ring substituents is 1. The number of hydrogen-bond donors (Lipinski definition) is 0. The topological polar surface area (TPSA) is 104 Å². The van der Waals surface area contributed by atoms with Crippen molar-refractivity contribution in [3.63, 3.8) is 0 Å². The molecule has 0 saturated heterocycles. The molecule has 0 fully saturated rings. The summed E-state index contributed by atoms with van der Waals surface area (Å²) in [6, 6.07) is 22.6. The van der Waals surface area contributed by atoms with Crippen LogP contribution in [-0.2, 0) is 4.74 Å². The number of nitro benzene ring substituents is 1. The number of ether oxygens (including phenoxy) is 1. The second kappa shape index (κ2) is 8.83. The minimum atomic E-state index is -0.571. The molecule has 8 nitrogen and oxygen atoms in total. The van der Waals surface area contributed by atoms with Gasteiger partial charge in [0.1, 0.15) is 6.33 Å². The summed E-state index contributed by atoms with van der Waals surface area (Å²) < 4.78 is 6.73. The van der Waals surface area contributed by atoms with E-state index >= 15 is 0 Å². The first-order chi connectivity index (χ1) is 17.0. The monoisotopic (exact) mass is 465 g/mol. The molecule has 2 aromatic heterocycles. The third-order valence-corrected chi connectivity index (χ3v) is 5.75. The number of fused-ring (bicyclic) bond motifs is 2. The van der Waals surface area contributed by atoms with Crippen molar-refractivity contribution in [2.75, 3.05) is 6.61 Å². The summed E-state index contributed by atoms with van der Waals surface area (Å²) >= 11 is 0. The average molecular weight is 465 g/mol. The maximum absolute atomic E-state index is 13.3. The lowest BCUT2D eigenvalue weighted by atomic mass is 10.0. The molecular formula is C27H19N3O5. The number of nitrogens with zero attached hydrogens (tertiary/aromatic N) is 3. The fraction of sp³-hybridized carbons (Fsp3) is 0.0741. The van der Waals surface area contributed by atoms with Crippen molar-refractivity contribution >= 4 is 33.7 Å². The van der Waals surface area contributed by atoms with Crippen LogP contribution < -0.4 is 0 Å². The zero-order chi connectivity index (χ0) is 24.5. The van der Waals surface area contributed by atoms with E-state index in [1.54, 1.807) is 13.0 Å². The van der Waals surface area contributed by atoms with Gasteiger partial charge in [0.15, 0.2) is 0 Å². The molecule has 5 aromatic rings. The van der Waals surface area contributed by atoms with E-state index in [4.69, 9.17) is 4.74 Å². The van der Waals surface area contributed by atoms with Crippen molar-refractivity contribution < 1.29 is 19.2 Å². The number of rotatable bonds is 6. The predicted octanol–water partition coefficient (Wildman–Crippen LogP) is 5.47. The minimum Gasteiger partial charge on any atom is -0.462 e. The first-order valence-electron chi connectivity index (χ1n) is 10.9. The van der Waals surface area contributed by atoms with Gasteiger partial charge in [-0.05, 0) is 35.9 Å². The largest absolute Gasteiger partial charge is 0.462 e. The molecular weight excluding hydrogens is 446 g/mol. The van der Waals surface area contributed by atoms with E-state index in [2.05, 4.69) is 4.98 Å². The number of aromatic nitrogens is 2. The molecule has 5 rings (SSSR count). The van der Waals surface area contributed by atoms with Gasteiger partial charge in [-0.15, -0.1) is 0 Å². The zero-order valence-corrected chi connectivity index (χ0v) is 18.7. The molecule has 0 atom stereocenters. The van der Waals surface area contributed by atoms with Crippen LogP contribution in [0.1, 0.15) is 33.3 Å². The lowest BCUT2D eigenvalue weighted by Gasteiger charge is -2.07. The smallest absolute Gasteiger partial charge is 0.340 e. The second-order valence-electron chi connectivity index (χ2n) is 7.89. The van der Waals surface area contributed by atoms with Crippen LogP contribution in [-0.4, -0.2) is 32.7 Å². The third kappa shape index (κ3) is 4.02. The molecule has 172 valence electrons. The van der Waals surface area contributed by atoms with Gasteiger partial charge in [-0.2, -0.15) is 0 Å². The Morgan fingerprint density at radius 3 is 2.54 bits per heavy atom. The summed E-state index contributed by atoms with van der Waals surface area (Å²) in [5.41, 5.74) is 2.24. The minimum absolute atomic E-state index is 0.132. The van der Waals surface area contributed by atoms with E-state index < -0.39 is 16.7 Å². The molecule has 0 unspecified atom stereocenters. The van der Waals surface area contributed by atoms with E-state index in [0.29, 0.717) is 11.2 Å². The van der Waals surface area contributed by atoms with Crippen LogP contribution in [0.15, 0.2) is 85.2 Å². The van der Waals surface area contributed by atoms with E-state index in [0.717, 1.165) is 16.3 Å². The molecule has 0 aliphatic carbocycles. The highest BCUT2D eigenvalue weighted by molar-refractivity contribution is 6.11. The number of hydrogen-bond acceptors (Lipinski definition) is 6. The molecule has 3 aromatic carbocycles. The molecule has 0 aliphatic heterocycles. The van der Waals surface area contributed by atoms with Crippen molar-refractivity contribution in [1.82, 2.24) is 9.38 Å². The molecule has 0 bridgehead atoms. The van der Waals surface area contributed by atoms with Gasteiger partial charge in [-0.25, -0.2) is 9.78 Å². The van der Waals surface area contributed by atoms with Crippen LogP contribution >= 0.6 is 0 Å². The summed E-state index contributed by atoms with van der Waals surface area (Å²) in [5.74, 6) is -1.04. The Morgan fingerprint density at radius 1 is 0.971 bits per heavy atom. The number of ketones is 1. The van der Waals surface area contributed by atoms with E-state index in [1.165, 1.54) is 41.1 Å². The van der Waals surface area contributed by atoms with Gasteiger partial charge >= 0.3 is 5.97 Å². The Kier molecular flexibility index (Phi) is 5.54. The van der Waals surface area contributed by atoms with Gasteiger partial charge in [-0.3, -0.25) is 19.3 Å². The van der Waals surface area contributed by atoms with Crippen LogP contribution in [0.5, 0.6) is 0 Å². The maximum atomic E-state index is 13.3. The summed E-state index contributed by atoms with van der Waals surface area (Å²) in [6.45, 7) is 1.88. The van der Waals surface area contributed by atoms with E-state index in [1.807, 2.05) is 42.5 Å². The number of nitro groups is 1. The Hall–Kier alpha value is -4.85. The Morgan fingerprint density at radius 2 is 1.77 bits per heavy atom. The fourth-order valence-corrected chi connectivity index (χ4v) is 4.06. The molecule has 0 amide bonds. The van der Waals surface area contributed by atoms with Gasteiger partial charge < -0.3 is 4.74 Å². The first-order valence-corrected chi connectivity index (χ1v) is 10.9. The Balaban J connectivity index is 1.65. The highest BCUT2D eigenvalue weighted by Crippen LogP contribution is 2.28. The average Bonchev–Trinajstić information content (AvgIpc) is 3.27. The number of carbonyl (C=O) groups excluding carboxylic acids is 2. The number of carbonyl (C=O) groups is 2. The van der Waals surface area contributed by atoms with Crippen molar-refractivity contribution in [3.8, 4) is 11.3 Å². The maximum Gasteiger partial charge on any atom is 0.340 e. The van der Waals surface area contributed by atoms with E-state index in [9.17, 15) is 19.7 Å². The Labute approximate surface area is 199 Å². The van der Waals surface area contributed by atoms with Gasteiger partial charge in [0, 0.05) is 23.3 Å². The first kappa shape index (κ1) is 22.0. The fourth-order valence-electron chi connectivity index (χ4n) is 4.06. The highest BCUT2D eigenvalue weighted by Gasteiger charge is 2.23. The second-order valence-corrected chi connectivity index (χ2v) is 7.89. The SMILES string of the molecule is CCOC(=O)c1cc(C(=O)c2cccc([N+](=O)[O-])c2)n2cnc(-c3ccc4ccccc4c3)cc12. The quantitative estimate of drug-likeness (QED) is 0.143. The molecule has 0 spiro atoms. The van der Waals surface area contributed by atoms with Gasteiger partial charge in [-0.1, -0.05) is 48.5 Å². The zero-order valence-electron chi connectivity index (χ0n) is 18.7. The molecule has 8 heteroatoms. The normalized spacial score (nSPS) is 11.0. The van der Waals surface area contributed by atoms with Crippen molar-refractivity contribution in [1.29, 1.82) is 0 Å². The van der Waals surface area contributed by atoms with Crippen LogP contribution in [0.25, 0.3) is 27.5 Å². The van der Waals surface area contributed by atoms with Crippen LogP contribution in [0, 0.1) is 10.1 Å². The number of esters is 1. The van der Waals surface area contributed by atoms with Gasteiger partial charge in [0.25, 0.3) is 5.69 Å². The molecule has 0 aliphatic rings. The summed E-state index contributed by atoms with van der Waals surface area (Å²) in [6.07, 6.45) is 1.48. The predicted molar refractivity (Wildman–Crippen MR) is 131 cm³/mol. The van der Waals surface area contributed by atoms with E-state index in [-0.39, 0.29) is 29.1 Å². The molecule has 0 saturated carbocycles. The van der Waals surface area contributed by atoms with Gasteiger partial charge in [0.2, 0.25) is 5.78 Å².